The summed E-state index contributed by atoms with van der Waals surface area (Å²) in [6, 6.07) is 0. The third kappa shape index (κ3) is 8.88. The molecule has 92 valence electrons. The van der Waals surface area contributed by atoms with E-state index in [9.17, 15) is 0 Å². The van der Waals surface area contributed by atoms with Gasteiger partial charge in [-0.1, -0.05) is 27.7 Å². The van der Waals surface area contributed by atoms with E-state index in [2.05, 4.69) is 45.0 Å². The van der Waals surface area contributed by atoms with Crippen LogP contribution < -0.4 is 5.32 Å². The zero-order valence-corrected chi connectivity index (χ0v) is 11.6. The summed E-state index contributed by atoms with van der Waals surface area (Å²) in [6.07, 6.45) is 2.55. The molecule has 0 aromatic heterocycles. The van der Waals surface area contributed by atoms with Gasteiger partial charge >= 0.3 is 0 Å². The molecule has 0 amide bonds. The van der Waals surface area contributed by atoms with Crippen LogP contribution in [0.15, 0.2) is 0 Å². The number of rotatable bonds is 8. The van der Waals surface area contributed by atoms with E-state index < -0.39 is 0 Å². The SMILES string of the molecule is CNCCC(C)(C)CCN(C)CC(C)C. The maximum Gasteiger partial charge on any atom is 0.000134 e. The minimum Gasteiger partial charge on any atom is -0.320 e. The van der Waals surface area contributed by atoms with Crippen molar-refractivity contribution in [3.05, 3.63) is 0 Å². The van der Waals surface area contributed by atoms with Crippen molar-refractivity contribution in [1.29, 1.82) is 0 Å². The van der Waals surface area contributed by atoms with Crippen molar-refractivity contribution in [2.24, 2.45) is 11.3 Å². The molecule has 0 saturated heterocycles. The second-order valence-corrected chi connectivity index (χ2v) is 5.92. The number of nitrogens with zero attached hydrogens (tertiary/aromatic N) is 1. The standard InChI is InChI=1S/C13H30N2/c1-12(2)11-15(6)10-8-13(3,4)7-9-14-5/h12,14H,7-11H2,1-6H3. The minimum atomic E-state index is 0.467. The second-order valence-electron chi connectivity index (χ2n) is 5.92. The summed E-state index contributed by atoms with van der Waals surface area (Å²) in [5.41, 5.74) is 0.467. The summed E-state index contributed by atoms with van der Waals surface area (Å²) in [5.74, 6) is 0.774. The average molecular weight is 214 g/mol. The Kier molecular flexibility index (Phi) is 7.20. The predicted molar refractivity (Wildman–Crippen MR) is 69.3 cm³/mol. The molecule has 0 saturated carbocycles. The van der Waals surface area contributed by atoms with Gasteiger partial charge in [0.15, 0.2) is 0 Å². The Morgan fingerprint density at radius 3 is 2.27 bits per heavy atom. The number of nitrogens with one attached hydrogen (secondary N) is 1. The van der Waals surface area contributed by atoms with Crippen LogP contribution >= 0.6 is 0 Å². The van der Waals surface area contributed by atoms with E-state index in [1.165, 1.54) is 25.9 Å². The van der Waals surface area contributed by atoms with Gasteiger partial charge in [0, 0.05) is 6.54 Å². The molecule has 0 atom stereocenters. The van der Waals surface area contributed by atoms with Crippen LogP contribution in [-0.2, 0) is 0 Å². The lowest BCUT2D eigenvalue weighted by molar-refractivity contribution is 0.222. The molecule has 0 heterocycles. The molecule has 15 heavy (non-hydrogen) atoms. The molecule has 0 bridgehead atoms. The first kappa shape index (κ1) is 14.9. The van der Waals surface area contributed by atoms with Crippen molar-refractivity contribution in [1.82, 2.24) is 10.2 Å². The lowest BCUT2D eigenvalue weighted by atomic mass is 9.85. The van der Waals surface area contributed by atoms with Gasteiger partial charge < -0.3 is 10.2 Å². The Balaban J connectivity index is 3.71. The topological polar surface area (TPSA) is 15.3 Å². The lowest BCUT2D eigenvalue weighted by Crippen LogP contribution is -2.29. The van der Waals surface area contributed by atoms with E-state index in [4.69, 9.17) is 0 Å². The summed E-state index contributed by atoms with van der Waals surface area (Å²) in [7, 11) is 4.26. The Morgan fingerprint density at radius 2 is 1.80 bits per heavy atom. The van der Waals surface area contributed by atoms with E-state index in [1.807, 2.05) is 7.05 Å². The first-order valence-electron chi connectivity index (χ1n) is 6.20. The molecule has 0 aromatic carbocycles. The summed E-state index contributed by atoms with van der Waals surface area (Å²) in [4.78, 5) is 2.45. The van der Waals surface area contributed by atoms with E-state index in [-0.39, 0.29) is 0 Å². The molecule has 0 spiro atoms. The van der Waals surface area contributed by atoms with Gasteiger partial charge in [0.1, 0.15) is 0 Å². The third-order valence-corrected chi connectivity index (χ3v) is 2.90. The normalized spacial score (nSPS) is 12.8. The molecule has 2 heteroatoms. The van der Waals surface area contributed by atoms with Gasteiger partial charge in [0.25, 0.3) is 0 Å². The van der Waals surface area contributed by atoms with Gasteiger partial charge in [0.2, 0.25) is 0 Å². The van der Waals surface area contributed by atoms with Crippen LogP contribution in [0.5, 0.6) is 0 Å². The third-order valence-electron chi connectivity index (χ3n) is 2.90. The fourth-order valence-corrected chi connectivity index (χ4v) is 1.80. The molecular formula is C13H30N2. The predicted octanol–water partition coefficient (Wildman–Crippen LogP) is 2.60. The fraction of sp³-hybridized carbons (Fsp3) is 1.00. The quantitative estimate of drug-likeness (QED) is 0.668. The monoisotopic (exact) mass is 214 g/mol. The van der Waals surface area contributed by atoms with Gasteiger partial charge in [-0.05, 0) is 51.4 Å². The first-order chi connectivity index (χ1) is 6.87. The molecular weight excluding hydrogens is 184 g/mol. The maximum atomic E-state index is 3.23. The molecule has 0 aliphatic carbocycles. The summed E-state index contributed by atoms with van der Waals surface area (Å²) in [6.45, 7) is 12.9. The first-order valence-corrected chi connectivity index (χ1v) is 6.20. The molecule has 2 nitrogen and oxygen atoms in total. The number of hydrogen-bond donors (Lipinski definition) is 1. The van der Waals surface area contributed by atoms with Crippen LogP contribution in [0, 0.1) is 11.3 Å². The highest BCUT2D eigenvalue weighted by Gasteiger charge is 2.17. The molecule has 0 radical (unpaired) electrons. The lowest BCUT2D eigenvalue weighted by Gasteiger charge is -2.28. The Morgan fingerprint density at radius 1 is 1.20 bits per heavy atom. The van der Waals surface area contributed by atoms with Crippen LogP contribution in [0.25, 0.3) is 0 Å². The molecule has 0 unspecified atom stereocenters. The van der Waals surface area contributed by atoms with Crippen LogP contribution in [-0.4, -0.2) is 38.6 Å². The second kappa shape index (κ2) is 7.24. The van der Waals surface area contributed by atoms with Crippen LogP contribution in [0.2, 0.25) is 0 Å². The van der Waals surface area contributed by atoms with Gasteiger partial charge in [-0.3, -0.25) is 0 Å². The largest absolute Gasteiger partial charge is 0.320 e. The smallest absolute Gasteiger partial charge is 0.000134 e. The average Bonchev–Trinajstić information content (AvgIpc) is 2.11. The maximum absolute atomic E-state index is 3.23. The molecule has 0 aliphatic rings. The van der Waals surface area contributed by atoms with Crippen molar-refractivity contribution in [2.45, 2.75) is 40.5 Å². The van der Waals surface area contributed by atoms with Crippen molar-refractivity contribution in [3.63, 3.8) is 0 Å². The van der Waals surface area contributed by atoms with Crippen LogP contribution in [0.3, 0.4) is 0 Å². The van der Waals surface area contributed by atoms with Gasteiger partial charge in [-0.15, -0.1) is 0 Å². The summed E-state index contributed by atoms with van der Waals surface area (Å²) >= 11 is 0. The molecule has 0 rings (SSSR count). The Labute approximate surface area is 96.4 Å². The van der Waals surface area contributed by atoms with Gasteiger partial charge in [-0.2, -0.15) is 0 Å². The summed E-state index contributed by atoms with van der Waals surface area (Å²) in [5, 5.41) is 3.23. The van der Waals surface area contributed by atoms with E-state index in [1.54, 1.807) is 0 Å². The van der Waals surface area contributed by atoms with Crippen molar-refractivity contribution >= 4 is 0 Å². The summed E-state index contributed by atoms with van der Waals surface area (Å²) < 4.78 is 0. The van der Waals surface area contributed by atoms with E-state index in [0.717, 1.165) is 12.5 Å². The molecule has 1 N–H and O–H groups in total. The molecule has 0 aromatic rings. The number of hydrogen-bond acceptors (Lipinski definition) is 2. The fourth-order valence-electron chi connectivity index (χ4n) is 1.80. The highest BCUT2D eigenvalue weighted by Crippen LogP contribution is 2.24. The zero-order valence-electron chi connectivity index (χ0n) is 11.6. The minimum absolute atomic E-state index is 0.467. The molecule has 0 aliphatic heterocycles. The van der Waals surface area contributed by atoms with Crippen LogP contribution in [0.4, 0.5) is 0 Å². The van der Waals surface area contributed by atoms with Crippen LogP contribution in [0.1, 0.15) is 40.5 Å². The van der Waals surface area contributed by atoms with E-state index >= 15 is 0 Å². The highest BCUT2D eigenvalue weighted by atomic mass is 15.1. The van der Waals surface area contributed by atoms with Gasteiger partial charge in [0.05, 0.1) is 0 Å². The van der Waals surface area contributed by atoms with Crippen molar-refractivity contribution in [3.8, 4) is 0 Å². The van der Waals surface area contributed by atoms with Crippen molar-refractivity contribution < 1.29 is 0 Å². The highest BCUT2D eigenvalue weighted by molar-refractivity contribution is 4.71. The Hall–Kier alpha value is -0.0800. The Bertz CT molecular complexity index is 153. The molecule has 0 fully saturated rings. The van der Waals surface area contributed by atoms with Crippen molar-refractivity contribution in [2.75, 3.05) is 33.7 Å². The van der Waals surface area contributed by atoms with E-state index in [0.29, 0.717) is 5.41 Å². The van der Waals surface area contributed by atoms with Gasteiger partial charge in [-0.25, -0.2) is 0 Å². The zero-order chi connectivity index (χ0) is 11.9.